The highest BCUT2D eigenvalue weighted by molar-refractivity contribution is 6.17. The van der Waals surface area contributed by atoms with Gasteiger partial charge in [-0.1, -0.05) is 6.08 Å². The number of rotatable bonds is 2. The summed E-state index contributed by atoms with van der Waals surface area (Å²) in [6.07, 6.45) is 1.97. The quantitative estimate of drug-likeness (QED) is 0.431. The normalized spacial score (nSPS) is 11.6. The van der Waals surface area contributed by atoms with Crippen molar-refractivity contribution in [3.05, 3.63) is 11.8 Å². The molecule has 0 unspecified atom stereocenters. The second-order valence-electron chi connectivity index (χ2n) is 1.28. The zero-order valence-electron chi connectivity index (χ0n) is 4.66. The number of hydrogen-bond acceptors (Lipinski definition) is 1. The first kappa shape index (κ1) is 6.83. The molecule has 2 heteroatoms. The van der Waals surface area contributed by atoms with E-state index in [1.54, 1.807) is 0 Å². The Morgan fingerprint density at radius 3 is 2.57 bits per heavy atom. The molecular formula is C5H10ClN. The van der Waals surface area contributed by atoms with E-state index in [-0.39, 0.29) is 0 Å². The molecule has 0 saturated carbocycles. The van der Waals surface area contributed by atoms with E-state index in [1.807, 2.05) is 19.9 Å². The molecule has 0 aliphatic carbocycles. The molecule has 1 N–H and O–H groups in total. The molecule has 0 aliphatic rings. The van der Waals surface area contributed by atoms with Crippen molar-refractivity contribution >= 4 is 11.6 Å². The first-order valence-corrected chi connectivity index (χ1v) is 2.77. The fourth-order valence-electron chi connectivity index (χ4n) is 0.207. The van der Waals surface area contributed by atoms with E-state index in [9.17, 15) is 0 Å². The average Bonchev–Trinajstić information content (AvgIpc) is 1.68. The summed E-state index contributed by atoms with van der Waals surface area (Å²) in [4.78, 5) is 0. The molecule has 0 aliphatic heterocycles. The van der Waals surface area contributed by atoms with Crippen molar-refractivity contribution in [3.63, 3.8) is 0 Å². The van der Waals surface area contributed by atoms with Gasteiger partial charge in [-0.25, -0.2) is 0 Å². The Bertz CT molecular complexity index is 68.5. The highest BCUT2D eigenvalue weighted by Crippen LogP contribution is 1.83. The van der Waals surface area contributed by atoms with Crippen LogP contribution >= 0.6 is 11.6 Å². The van der Waals surface area contributed by atoms with E-state index >= 15 is 0 Å². The molecule has 0 spiro atoms. The lowest BCUT2D eigenvalue weighted by molar-refractivity contribution is 0.948. The maximum atomic E-state index is 5.32. The first-order valence-electron chi connectivity index (χ1n) is 2.24. The Labute approximate surface area is 49.4 Å². The van der Waals surface area contributed by atoms with Crippen molar-refractivity contribution in [3.8, 4) is 0 Å². The van der Waals surface area contributed by atoms with Gasteiger partial charge in [0.2, 0.25) is 0 Å². The molecule has 0 rings (SSSR count). The molecule has 7 heavy (non-hydrogen) atoms. The molecule has 1 nitrogen and oxygen atoms in total. The van der Waals surface area contributed by atoms with Gasteiger partial charge in [-0.3, -0.25) is 0 Å². The molecule has 0 fully saturated rings. The third-order valence-corrected chi connectivity index (χ3v) is 0.912. The van der Waals surface area contributed by atoms with E-state index < -0.39 is 0 Å². The van der Waals surface area contributed by atoms with Crippen molar-refractivity contribution in [2.24, 2.45) is 0 Å². The minimum atomic E-state index is 0.496. The van der Waals surface area contributed by atoms with Gasteiger partial charge >= 0.3 is 0 Å². The van der Waals surface area contributed by atoms with Gasteiger partial charge in [-0.2, -0.15) is 0 Å². The lowest BCUT2D eigenvalue weighted by Crippen LogP contribution is -2.06. The van der Waals surface area contributed by atoms with Crippen LogP contribution in [0, 0.1) is 0 Å². The summed E-state index contributed by atoms with van der Waals surface area (Å²) in [6, 6.07) is 0.496. The predicted octanol–water partition coefficient (Wildman–Crippen LogP) is 1.70. The minimum absolute atomic E-state index is 0.496. The molecule has 0 heterocycles. The number of halogens is 1. The maximum Gasteiger partial charge on any atom is 0.0899 e. The van der Waals surface area contributed by atoms with Crippen LogP contribution in [0.2, 0.25) is 0 Å². The number of hydrogen-bond donors (Lipinski definition) is 1. The lowest BCUT2D eigenvalue weighted by atomic mass is 10.5. The van der Waals surface area contributed by atoms with Crippen LogP contribution in [0.4, 0.5) is 0 Å². The number of alkyl halides is 1. The second-order valence-corrected chi connectivity index (χ2v) is 1.55. The number of nitrogens with one attached hydrogen (secondary N) is 1. The van der Waals surface area contributed by atoms with Gasteiger partial charge in [0.05, 0.1) is 6.00 Å². The van der Waals surface area contributed by atoms with Crippen molar-refractivity contribution in [2.45, 2.75) is 13.8 Å². The molecule has 0 atom stereocenters. The van der Waals surface area contributed by atoms with Crippen LogP contribution in [0.5, 0.6) is 0 Å². The first-order chi connectivity index (χ1) is 3.31. The Kier molecular flexibility index (Phi) is 3.90. The van der Waals surface area contributed by atoms with Crippen LogP contribution in [0.3, 0.4) is 0 Å². The summed E-state index contributed by atoms with van der Waals surface area (Å²) in [5, 5.41) is 2.92. The van der Waals surface area contributed by atoms with Crippen LogP contribution in [-0.2, 0) is 0 Å². The van der Waals surface area contributed by atoms with Gasteiger partial charge in [-0.05, 0) is 13.8 Å². The van der Waals surface area contributed by atoms with E-state index in [0.29, 0.717) is 6.00 Å². The Balaban J connectivity index is 3.17. The monoisotopic (exact) mass is 119 g/mol. The highest BCUT2D eigenvalue weighted by Gasteiger charge is 1.76. The highest BCUT2D eigenvalue weighted by atomic mass is 35.5. The Hall–Kier alpha value is -0.170. The van der Waals surface area contributed by atoms with Crippen LogP contribution in [0.1, 0.15) is 13.8 Å². The van der Waals surface area contributed by atoms with Gasteiger partial charge in [0, 0.05) is 5.70 Å². The summed E-state index contributed by atoms with van der Waals surface area (Å²) in [5.41, 5.74) is 1.12. The van der Waals surface area contributed by atoms with Gasteiger partial charge in [0.1, 0.15) is 0 Å². The van der Waals surface area contributed by atoms with E-state index in [1.165, 1.54) is 0 Å². The summed E-state index contributed by atoms with van der Waals surface area (Å²) in [7, 11) is 0. The third-order valence-electron chi connectivity index (χ3n) is 0.779. The van der Waals surface area contributed by atoms with Gasteiger partial charge in [-0.15, -0.1) is 11.6 Å². The molecular weight excluding hydrogens is 110 g/mol. The van der Waals surface area contributed by atoms with E-state index in [0.717, 1.165) is 5.70 Å². The Morgan fingerprint density at radius 1 is 1.86 bits per heavy atom. The topological polar surface area (TPSA) is 12.0 Å². The average molecular weight is 120 g/mol. The van der Waals surface area contributed by atoms with E-state index in [2.05, 4.69) is 5.32 Å². The molecule has 0 aromatic heterocycles. The summed E-state index contributed by atoms with van der Waals surface area (Å²) < 4.78 is 0. The van der Waals surface area contributed by atoms with Crippen molar-refractivity contribution < 1.29 is 0 Å². The minimum Gasteiger partial charge on any atom is -0.376 e. The standard InChI is InChI=1S/C5H10ClN/c1-3-5(2)7-4-6/h3,7H,4H2,1-2H3/b5-3+. The second kappa shape index (κ2) is 4.00. The molecule has 0 aromatic carbocycles. The van der Waals surface area contributed by atoms with Crippen LogP contribution in [0.15, 0.2) is 11.8 Å². The van der Waals surface area contributed by atoms with Crippen LogP contribution in [-0.4, -0.2) is 6.00 Å². The summed E-state index contributed by atoms with van der Waals surface area (Å²) in [5.74, 6) is 0. The molecule has 0 aromatic rings. The Morgan fingerprint density at radius 2 is 2.43 bits per heavy atom. The fourth-order valence-corrected chi connectivity index (χ4v) is 0.418. The molecule has 0 amide bonds. The van der Waals surface area contributed by atoms with Gasteiger partial charge < -0.3 is 5.32 Å². The van der Waals surface area contributed by atoms with Crippen molar-refractivity contribution in [1.82, 2.24) is 5.32 Å². The zero-order chi connectivity index (χ0) is 5.70. The third kappa shape index (κ3) is 3.67. The molecule has 0 bridgehead atoms. The van der Waals surface area contributed by atoms with Crippen molar-refractivity contribution in [1.29, 1.82) is 0 Å². The van der Waals surface area contributed by atoms with Crippen molar-refractivity contribution in [2.75, 3.05) is 6.00 Å². The number of allylic oxidation sites excluding steroid dienone is 2. The predicted molar refractivity (Wildman–Crippen MR) is 33.3 cm³/mol. The van der Waals surface area contributed by atoms with Crippen LogP contribution in [0.25, 0.3) is 0 Å². The van der Waals surface area contributed by atoms with Gasteiger partial charge in [0.15, 0.2) is 0 Å². The summed E-state index contributed by atoms with van der Waals surface area (Å²) in [6.45, 7) is 3.94. The molecule has 0 radical (unpaired) electrons. The van der Waals surface area contributed by atoms with E-state index in [4.69, 9.17) is 11.6 Å². The SMILES string of the molecule is C/C=C(\C)NCCl. The maximum absolute atomic E-state index is 5.32. The van der Waals surface area contributed by atoms with Gasteiger partial charge in [0.25, 0.3) is 0 Å². The largest absolute Gasteiger partial charge is 0.376 e. The zero-order valence-corrected chi connectivity index (χ0v) is 5.42. The molecule has 42 valence electrons. The fraction of sp³-hybridized carbons (Fsp3) is 0.600. The lowest BCUT2D eigenvalue weighted by Gasteiger charge is -1.96. The smallest absolute Gasteiger partial charge is 0.0899 e. The van der Waals surface area contributed by atoms with Crippen LogP contribution < -0.4 is 5.32 Å². The molecule has 0 saturated heterocycles. The summed E-state index contributed by atoms with van der Waals surface area (Å²) >= 11 is 5.32.